The Bertz CT molecular complexity index is 279. The molecule has 2 aliphatic carbocycles. The van der Waals surface area contributed by atoms with Crippen molar-refractivity contribution in [1.29, 1.82) is 0 Å². The van der Waals surface area contributed by atoms with E-state index in [1.807, 2.05) is 0 Å². The molecule has 18 heavy (non-hydrogen) atoms. The van der Waals surface area contributed by atoms with E-state index in [0.29, 0.717) is 5.54 Å². The standard InChI is InChI=1S/C16H30N2/c1-2-16(12-17,14-9-10-14)18-11-5-7-13-6-3-4-8-15(13)18/h13-15H,2-12,17H2,1H3. The van der Waals surface area contributed by atoms with Crippen LogP contribution < -0.4 is 5.73 Å². The van der Waals surface area contributed by atoms with E-state index in [0.717, 1.165) is 24.4 Å². The molecule has 3 atom stereocenters. The first-order chi connectivity index (χ1) is 8.81. The summed E-state index contributed by atoms with van der Waals surface area (Å²) in [6, 6.07) is 0.872. The summed E-state index contributed by atoms with van der Waals surface area (Å²) in [5, 5.41) is 0. The highest BCUT2D eigenvalue weighted by Gasteiger charge is 2.51. The first-order valence-electron chi connectivity index (χ1n) is 8.28. The third-order valence-corrected chi connectivity index (χ3v) is 6.12. The van der Waals surface area contributed by atoms with Crippen molar-refractivity contribution < 1.29 is 0 Å². The second kappa shape index (κ2) is 5.13. The van der Waals surface area contributed by atoms with Crippen LogP contribution in [0.3, 0.4) is 0 Å². The van der Waals surface area contributed by atoms with Crippen LogP contribution in [-0.2, 0) is 0 Å². The fourth-order valence-electron chi connectivity index (χ4n) is 4.95. The molecule has 1 aliphatic heterocycles. The van der Waals surface area contributed by atoms with Gasteiger partial charge in [-0.2, -0.15) is 0 Å². The van der Waals surface area contributed by atoms with Gasteiger partial charge in [-0.1, -0.05) is 19.8 Å². The fraction of sp³-hybridized carbons (Fsp3) is 1.00. The number of nitrogens with two attached hydrogens (primary N) is 1. The van der Waals surface area contributed by atoms with E-state index in [2.05, 4.69) is 11.8 Å². The topological polar surface area (TPSA) is 29.3 Å². The van der Waals surface area contributed by atoms with Crippen molar-refractivity contribution in [2.75, 3.05) is 13.1 Å². The van der Waals surface area contributed by atoms with Crippen LogP contribution in [-0.4, -0.2) is 29.6 Å². The number of hydrogen-bond acceptors (Lipinski definition) is 2. The first kappa shape index (κ1) is 12.9. The molecule has 0 aromatic rings. The van der Waals surface area contributed by atoms with Crippen molar-refractivity contribution in [2.24, 2.45) is 17.6 Å². The smallest absolute Gasteiger partial charge is 0.0360 e. The molecule has 0 amide bonds. The molecule has 1 saturated heterocycles. The van der Waals surface area contributed by atoms with Crippen LogP contribution in [0.2, 0.25) is 0 Å². The van der Waals surface area contributed by atoms with Crippen LogP contribution in [0.15, 0.2) is 0 Å². The zero-order chi connectivity index (χ0) is 12.6. The maximum atomic E-state index is 6.27. The van der Waals surface area contributed by atoms with Crippen LogP contribution in [0.5, 0.6) is 0 Å². The molecule has 3 aliphatic rings. The monoisotopic (exact) mass is 250 g/mol. The van der Waals surface area contributed by atoms with E-state index in [1.165, 1.54) is 64.3 Å². The fourth-order valence-corrected chi connectivity index (χ4v) is 4.95. The van der Waals surface area contributed by atoms with Crippen LogP contribution >= 0.6 is 0 Å². The molecule has 2 saturated carbocycles. The summed E-state index contributed by atoms with van der Waals surface area (Å²) in [7, 11) is 0. The average molecular weight is 250 g/mol. The van der Waals surface area contributed by atoms with Gasteiger partial charge >= 0.3 is 0 Å². The van der Waals surface area contributed by atoms with Gasteiger partial charge in [0.25, 0.3) is 0 Å². The maximum Gasteiger partial charge on any atom is 0.0360 e. The van der Waals surface area contributed by atoms with Gasteiger partial charge < -0.3 is 5.73 Å². The van der Waals surface area contributed by atoms with Gasteiger partial charge in [-0.3, -0.25) is 4.90 Å². The summed E-state index contributed by atoms with van der Waals surface area (Å²) >= 11 is 0. The summed E-state index contributed by atoms with van der Waals surface area (Å²) in [5.74, 6) is 1.90. The number of nitrogens with zero attached hydrogens (tertiary/aromatic N) is 1. The molecule has 2 N–H and O–H groups in total. The predicted octanol–water partition coefficient (Wildman–Crippen LogP) is 3.16. The van der Waals surface area contributed by atoms with Crippen molar-refractivity contribution >= 4 is 0 Å². The molecular formula is C16H30N2. The highest BCUT2D eigenvalue weighted by molar-refractivity contribution is 5.06. The zero-order valence-electron chi connectivity index (χ0n) is 12.0. The van der Waals surface area contributed by atoms with Crippen LogP contribution in [0.4, 0.5) is 0 Å². The molecule has 2 heteroatoms. The van der Waals surface area contributed by atoms with Gasteiger partial charge in [0.15, 0.2) is 0 Å². The molecule has 3 unspecified atom stereocenters. The van der Waals surface area contributed by atoms with E-state index in [1.54, 1.807) is 0 Å². The number of likely N-dealkylation sites (tertiary alicyclic amines) is 1. The molecular weight excluding hydrogens is 220 g/mol. The summed E-state index contributed by atoms with van der Waals surface area (Å²) in [5.41, 5.74) is 6.63. The lowest BCUT2D eigenvalue weighted by molar-refractivity contribution is -0.0389. The van der Waals surface area contributed by atoms with E-state index in [-0.39, 0.29) is 0 Å². The van der Waals surface area contributed by atoms with Crippen molar-refractivity contribution in [3.8, 4) is 0 Å². The minimum atomic E-state index is 0.362. The van der Waals surface area contributed by atoms with Gasteiger partial charge in [0.1, 0.15) is 0 Å². The summed E-state index contributed by atoms with van der Waals surface area (Å²) in [6.45, 7) is 4.58. The molecule has 0 aromatic heterocycles. The second-order valence-electron chi connectivity index (χ2n) is 6.88. The highest BCUT2D eigenvalue weighted by atomic mass is 15.3. The normalized spacial score (nSPS) is 37.0. The lowest BCUT2D eigenvalue weighted by Crippen LogP contribution is -2.62. The minimum Gasteiger partial charge on any atom is -0.329 e. The molecule has 104 valence electrons. The number of hydrogen-bond donors (Lipinski definition) is 1. The Labute approximate surface area is 112 Å². The van der Waals surface area contributed by atoms with E-state index < -0.39 is 0 Å². The van der Waals surface area contributed by atoms with E-state index in [9.17, 15) is 0 Å². The second-order valence-corrected chi connectivity index (χ2v) is 6.88. The van der Waals surface area contributed by atoms with Crippen molar-refractivity contribution in [2.45, 2.75) is 76.3 Å². The molecule has 1 heterocycles. The number of rotatable bonds is 4. The quantitative estimate of drug-likeness (QED) is 0.830. The van der Waals surface area contributed by atoms with Gasteiger partial charge in [0.2, 0.25) is 0 Å². The van der Waals surface area contributed by atoms with Gasteiger partial charge in [-0.15, -0.1) is 0 Å². The van der Waals surface area contributed by atoms with E-state index >= 15 is 0 Å². The number of fused-ring (bicyclic) bond motifs is 1. The van der Waals surface area contributed by atoms with Gasteiger partial charge in [0.05, 0.1) is 0 Å². The Hall–Kier alpha value is -0.0800. The maximum absolute atomic E-state index is 6.27. The highest BCUT2D eigenvalue weighted by Crippen LogP contribution is 2.49. The Kier molecular flexibility index (Phi) is 3.68. The molecule has 0 radical (unpaired) electrons. The first-order valence-corrected chi connectivity index (χ1v) is 8.28. The molecule has 0 bridgehead atoms. The number of piperidine rings is 1. The minimum absolute atomic E-state index is 0.362. The van der Waals surface area contributed by atoms with Crippen molar-refractivity contribution in [1.82, 2.24) is 4.90 Å². The van der Waals surface area contributed by atoms with Gasteiger partial charge in [0, 0.05) is 18.1 Å². The third kappa shape index (κ3) is 2.02. The summed E-state index contributed by atoms with van der Waals surface area (Å²) in [4.78, 5) is 2.90. The molecule has 3 fully saturated rings. The van der Waals surface area contributed by atoms with Crippen LogP contribution in [0.1, 0.15) is 64.7 Å². The predicted molar refractivity (Wildman–Crippen MR) is 76.5 cm³/mol. The lowest BCUT2D eigenvalue weighted by atomic mass is 9.74. The Balaban J connectivity index is 1.83. The Morgan fingerprint density at radius 2 is 1.78 bits per heavy atom. The molecule has 0 spiro atoms. The largest absolute Gasteiger partial charge is 0.329 e. The molecule has 3 rings (SSSR count). The SMILES string of the molecule is CCC(CN)(C1CC1)N1CCCC2CCCCC21. The van der Waals surface area contributed by atoms with Gasteiger partial charge in [-0.25, -0.2) is 0 Å². The van der Waals surface area contributed by atoms with Crippen LogP contribution in [0, 0.1) is 11.8 Å². The molecule has 2 nitrogen and oxygen atoms in total. The third-order valence-electron chi connectivity index (χ3n) is 6.12. The summed E-state index contributed by atoms with van der Waals surface area (Å²) in [6.07, 6.45) is 12.9. The van der Waals surface area contributed by atoms with Crippen molar-refractivity contribution in [3.63, 3.8) is 0 Å². The lowest BCUT2D eigenvalue weighted by Gasteiger charge is -2.54. The van der Waals surface area contributed by atoms with Crippen molar-refractivity contribution in [3.05, 3.63) is 0 Å². The van der Waals surface area contributed by atoms with Crippen LogP contribution in [0.25, 0.3) is 0 Å². The zero-order valence-corrected chi connectivity index (χ0v) is 12.0. The summed E-state index contributed by atoms with van der Waals surface area (Å²) < 4.78 is 0. The Morgan fingerprint density at radius 1 is 1.06 bits per heavy atom. The average Bonchev–Trinajstić information content (AvgIpc) is 3.26. The van der Waals surface area contributed by atoms with E-state index in [4.69, 9.17) is 5.73 Å². The van der Waals surface area contributed by atoms with Gasteiger partial charge in [-0.05, 0) is 63.3 Å². The molecule has 0 aromatic carbocycles. The Morgan fingerprint density at radius 3 is 2.44 bits per heavy atom.